The number of carbonyl (C=O) groups excluding carboxylic acids is 1. The fraction of sp³-hybridized carbons (Fsp3) is 0.562. The Balaban J connectivity index is 1.85. The second-order valence-corrected chi connectivity index (χ2v) is 8.94. The van der Waals surface area contributed by atoms with E-state index >= 15 is 0 Å². The molecule has 0 radical (unpaired) electrons. The highest BCUT2D eigenvalue weighted by molar-refractivity contribution is 7.89. The molecule has 2 heterocycles. The van der Waals surface area contributed by atoms with Gasteiger partial charge in [0.05, 0.1) is 14.9 Å². The molecule has 132 valence electrons. The van der Waals surface area contributed by atoms with Gasteiger partial charge in [0.1, 0.15) is 6.04 Å². The summed E-state index contributed by atoms with van der Waals surface area (Å²) in [4.78, 5) is 14.7. The van der Waals surface area contributed by atoms with Crippen molar-refractivity contribution in [3.8, 4) is 0 Å². The number of sulfonamides is 1. The molecule has 2 fully saturated rings. The molecule has 24 heavy (non-hydrogen) atoms. The van der Waals surface area contributed by atoms with Crippen molar-refractivity contribution in [3.05, 3.63) is 28.2 Å². The van der Waals surface area contributed by atoms with E-state index in [-0.39, 0.29) is 15.8 Å². The van der Waals surface area contributed by atoms with E-state index in [4.69, 9.17) is 23.2 Å². The quantitative estimate of drug-likeness (QED) is 0.796. The van der Waals surface area contributed by atoms with Crippen LogP contribution in [0.3, 0.4) is 0 Å². The minimum absolute atomic E-state index is 0.0733. The van der Waals surface area contributed by atoms with E-state index in [1.54, 1.807) is 4.90 Å². The van der Waals surface area contributed by atoms with Crippen molar-refractivity contribution in [2.24, 2.45) is 0 Å². The van der Waals surface area contributed by atoms with Crippen LogP contribution in [0.25, 0.3) is 0 Å². The molecule has 0 aliphatic carbocycles. The SMILES string of the molecule is O=C([C@H]1CCCN1S(=O)(=O)c1ccc(Cl)c(Cl)c1)N1CCCCC1. The lowest BCUT2D eigenvalue weighted by Gasteiger charge is -2.32. The van der Waals surface area contributed by atoms with Crippen molar-refractivity contribution in [3.63, 3.8) is 0 Å². The predicted molar refractivity (Wildman–Crippen MR) is 93.8 cm³/mol. The van der Waals surface area contributed by atoms with Crippen molar-refractivity contribution >= 4 is 39.1 Å². The maximum absolute atomic E-state index is 12.9. The van der Waals surface area contributed by atoms with Gasteiger partial charge in [-0.2, -0.15) is 4.31 Å². The van der Waals surface area contributed by atoms with Crippen molar-refractivity contribution in [1.29, 1.82) is 0 Å². The Morgan fingerprint density at radius 1 is 1.00 bits per heavy atom. The van der Waals surface area contributed by atoms with Gasteiger partial charge in [-0.25, -0.2) is 8.42 Å². The molecular formula is C16H20Cl2N2O3S. The highest BCUT2D eigenvalue weighted by Gasteiger charge is 2.41. The van der Waals surface area contributed by atoms with E-state index in [1.165, 1.54) is 22.5 Å². The summed E-state index contributed by atoms with van der Waals surface area (Å²) in [5.41, 5.74) is 0. The average Bonchev–Trinajstić information content (AvgIpc) is 3.08. The van der Waals surface area contributed by atoms with Crippen LogP contribution in [0.4, 0.5) is 0 Å². The van der Waals surface area contributed by atoms with E-state index in [0.717, 1.165) is 32.4 Å². The van der Waals surface area contributed by atoms with E-state index in [9.17, 15) is 13.2 Å². The summed E-state index contributed by atoms with van der Waals surface area (Å²) in [7, 11) is -3.77. The number of piperidine rings is 1. The minimum atomic E-state index is -3.77. The molecule has 5 nitrogen and oxygen atoms in total. The molecule has 2 aliphatic heterocycles. The van der Waals surface area contributed by atoms with Gasteiger partial charge in [0.25, 0.3) is 0 Å². The topological polar surface area (TPSA) is 57.7 Å². The van der Waals surface area contributed by atoms with Gasteiger partial charge in [-0.3, -0.25) is 4.79 Å². The molecule has 1 aromatic rings. The third-order valence-corrected chi connectivity index (χ3v) is 7.30. The summed E-state index contributed by atoms with van der Waals surface area (Å²) in [5, 5.41) is 0.494. The summed E-state index contributed by atoms with van der Waals surface area (Å²) < 4.78 is 27.2. The zero-order valence-electron chi connectivity index (χ0n) is 13.2. The lowest BCUT2D eigenvalue weighted by Crippen LogP contribution is -2.49. The molecule has 1 atom stereocenters. The van der Waals surface area contributed by atoms with Gasteiger partial charge in [0.2, 0.25) is 15.9 Å². The lowest BCUT2D eigenvalue weighted by molar-refractivity contribution is -0.135. The largest absolute Gasteiger partial charge is 0.341 e. The zero-order chi connectivity index (χ0) is 17.3. The molecule has 0 unspecified atom stereocenters. The van der Waals surface area contributed by atoms with Crippen LogP contribution in [0.1, 0.15) is 32.1 Å². The van der Waals surface area contributed by atoms with Crippen LogP contribution in [-0.2, 0) is 14.8 Å². The average molecular weight is 391 g/mol. The van der Waals surface area contributed by atoms with Gasteiger partial charge in [-0.05, 0) is 50.3 Å². The van der Waals surface area contributed by atoms with Crippen LogP contribution in [0, 0.1) is 0 Å². The number of benzene rings is 1. The number of halogens is 2. The van der Waals surface area contributed by atoms with Crippen LogP contribution in [-0.4, -0.2) is 49.2 Å². The first kappa shape index (κ1) is 18.0. The molecule has 0 aromatic heterocycles. The summed E-state index contributed by atoms with van der Waals surface area (Å²) in [6.07, 6.45) is 4.34. The molecule has 1 amide bonds. The van der Waals surface area contributed by atoms with Crippen LogP contribution < -0.4 is 0 Å². The first-order chi connectivity index (χ1) is 11.4. The first-order valence-corrected chi connectivity index (χ1v) is 10.4. The Morgan fingerprint density at radius 3 is 2.38 bits per heavy atom. The maximum atomic E-state index is 12.9. The van der Waals surface area contributed by atoms with Crippen LogP contribution in [0.5, 0.6) is 0 Å². The van der Waals surface area contributed by atoms with Crippen LogP contribution in [0.15, 0.2) is 23.1 Å². The number of hydrogen-bond donors (Lipinski definition) is 0. The Labute approximate surface area is 152 Å². The molecule has 3 rings (SSSR count). The number of amides is 1. The number of hydrogen-bond acceptors (Lipinski definition) is 3. The number of rotatable bonds is 3. The maximum Gasteiger partial charge on any atom is 0.243 e. The second-order valence-electron chi connectivity index (χ2n) is 6.24. The molecule has 8 heteroatoms. The van der Waals surface area contributed by atoms with Gasteiger partial charge in [-0.1, -0.05) is 23.2 Å². The molecule has 2 saturated heterocycles. The van der Waals surface area contributed by atoms with E-state index < -0.39 is 16.1 Å². The molecule has 0 N–H and O–H groups in total. The summed E-state index contributed by atoms with van der Waals surface area (Å²) >= 11 is 11.8. The third kappa shape index (κ3) is 3.43. The van der Waals surface area contributed by atoms with Gasteiger partial charge >= 0.3 is 0 Å². The molecule has 2 aliphatic rings. The predicted octanol–water partition coefficient (Wildman–Crippen LogP) is 3.16. The Bertz CT molecular complexity index is 733. The van der Waals surface area contributed by atoms with Gasteiger partial charge < -0.3 is 4.90 Å². The Kier molecular flexibility index (Phi) is 5.39. The highest BCUT2D eigenvalue weighted by Crippen LogP contribution is 2.31. The monoisotopic (exact) mass is 390 g/mol. The number of carbonyl (C=O) groups is 1. The first-order valence-electron chi connectivity index (χ1n) is 8.17. The van der Waals surface area contributed by atoms with Gasteiger partial charge in [-0.15, -0.1) is 0 Å². The van der Waals surface area contributed by atoms with Crippen molar-refractivity contribution < 1.29 is 13.2 Å². The summed E-state index contributed by atoms with van der Waals surface area (Å²) in [6.45, 7) is 1.79. The number of likely N-dealkylation sites (tertiary alicyclic amines) is 1. The lowest BCUT2D eigenvalue weighted by atomic mass is 10.1. The molecular weight excluding hydrogens is 371 g/mol. The van der Waals surface area contributed by atoms with Crippen LogP contribution >= 0.6 is 23.2 Å². The van der Waals surface area contributed by atoms with E-state index in [2.05, 4.69) is 0 Å². The summed E-state index contributed by atoms with van der Waals surface area (Å²) in [5.74, 6) is -0.0733. The molecule has 0 bridgehead atoms. The van der Waals surface area contributed by atoms with Crippen LogP contribution in [0.2, 0.25) is 10.0 Å². The van der Waals surface area contributed by atoms with Crippen molar-refractivity contribution in [1.82, 2.24) is 9.21 Å². The van der Waals surface area contributed by atoms with Crippen molar-refractivity contribution in [2.45, 2.75) is 43.0 Å². The van der Waals surface area contributed by atoms with Gasteiger partial charge in [0.15, 0.2) is 0 Å². The normalized spacial score (nSPS) is 22.8. The molecule has 0 saturated carbocycles. The van der Waals surface area contributed by atoms with Crippen molar-refractivity contribution in [2.75, 3.05) is 19.6 Å². The molecule has 1 aromatic carbocycles. The van der Waals surface area contributed by atoms with Gasteiger partial charge in [0, 0.05) is 19.6 Å². The fourth-order valence-corrected chi connectivity index (χ4v) is 5.41. The smallest absolute Gasteiger partial charge is 0.243 e. The van der Waals surface area contributed by atoms with E-state index in [0.29, 0.717) is 24.4 Å². The zero-order valence-corrected chi connectivity index (χ0v) is 15.6. The third-order valence-electron chi connectivity index (χ3n) is 4.65. The summed E-state index contributed by atoms with van der Waals surface area (Å²) in [6, 6.07) is 3.64. The van der Waals surface area contributed by atoms with E-state index in [1.807, 2.05) is 0 Å². The second kappa shape index (κ2) is 7.20. The highest BCUT2D eigenvalue weighted by atomic mass is 35.5. The molecule has 0 spiro atoms. The Morgan fingerprint density at radius 2 is 1.71 bits per heavy atom. The number of nitrogens with zero attached hydrogens (tertiary/aromatic N) is 2. The minimum Gasteiger partial charge on any atom is -0.341 e. The Hall–Kier alpha value is -0.820. The fourth-order valence-electron chi connectivity index (χ4n) is 3.37. The standard InChI is InChI=1S/C16H20Cl2N2O3S/c17-13-7-6-12(11-14(13)18)24(22,23)20-10-4-5-15(20)16(21)19-8-2-1-3-9-19/h6-7,11,15H,1-5,8-10H2/t15-/m1/s1.